The Kier molecular flexibility index (Phi) is 3.92. The highest BCUT2D eigenvalue weighted by atomic mass is 79.9. The van der Waals surface area contributed by atoms with Crippen LogP contribution in [-0.2, 0) is 6.54 Å². The van der Waals surface area contributed by atoms with Gasteiger partial charge in [-0.15, -0.1) is 0 Å². The molecule has 1 aliphatic carbocycles. The first-order chi connectivity index (χ1) is 10.3. The molecule has 0 unspecified atom stereocenters. The molecule has 1 heterocycles. The van der Waals surface area contributed by atoms with Crippen LogP contribution in [0.25, 0.3) is 10.9 Å². The number of hydrogen-bond donors (Lipinski definition) is 1. The van der Waals surface area contributed by atoms with Crippen LogP contribution in [0.3, 0.4) is 0 Å². The number of carbonyl (C=O) groups excluding carboxylic acids is 1. The Morgan fingerprint density at radius 3 is 2.68 bits per heavy atom. The molecule has 1 amide bonds. The Morgan fingerprint density at radius 2 is 2.09 bits per heavy atom. The summed E-state index contributed by atoms with van der Waals surface area (Å²) in [6.45, 7) is -1.11. The van der Waals surface area contributed by atoms with E-state index < -0.39 is 12.7 Å². The topological polar surface area (TPSA) is 34.0 Å². The number of nitrogens with zero attached hydrogens (tertiary/aromatic N) is 1. The lowest BCUT2D eigenvalue weighted by Crippen LogP contribution is -2.39. The summed E-state index contributed by atoms with van der Waals surface area (Å²) in [5.74, 6) is -0.307. The van der Waals surface area contributed by atoms with Crippen LogP contribution < -0.4 is 5.32 Å². The molecule has 1 N–H and O–H groups in total. The van der Waals surface area contributed by atoms with Crippen LogP contribution in [0.5, 0.6) is 0 Å². The van der Waals surface area contributed by atoms with E-state index in [0.29, 0.717) is 20.9 Å². The summed E-state index contributed by atoms with van der Waals surface area (Å²) < 4.78 is 39.9. The predicted octanol–water partition coefficient (Wildman–Crippen LogP) is 4.25. The largest absolute Gasteiger partial charge is 0.406 e. The first-order valence-corrected chi connectivity index (χ1v) is 7.79. The van der Waals surface area contributed by atoms with Gasteiger partial charge in [-0.2, -0.15) is 13.2 Å². The summed E-state index contributed by atoms with van der Waals surface area (Å²) in [4.78, 5) is 12.3. The van der Waals surface area contributed by atoms with Crippen molar-refractivity contribution in [2.75, 3.05) is 0 Å². The lowest BCUT2D eigenvalue weighted by Gasteiger charge is -2.26. The van der Waals surface area contributed by atoms with E-state index in [1.54, 1.807) is 18.2 Å². The zero-order chi connectivity index (χ0) is 15.9. The van der Waals surface area contributed by atoms with Gasteiger partial charge in [0.1, 0.15) is 6.54 Å². The Balaban J connectivity index is 2.00. The van der Waals surface area contributed by atoms with E-state index in [2.05, 4.69) is 21.2 Å². The first kappa shape index (κ1) is 15.4. The molecule has 0 atom stereocenters. The molecular formula is C15H14BrF3N2O. The molecule has 0 aliphatic heterocycles. The summed E-state index contributed by atoms with van der Waals surface area (Å²) in [6.07, 6.45) is -0.112. The highest BCUT2D eigenvalue weighted by Gasteiger charge is 2.30. The van der Waals surface area contributed by atoms with Crippen molar-refractivity contribution in [3.63, 3.8) is 0 Å². The molecule has 1 fully saturated rings. The zero-order valence-corrected chi connectivity index (χ0v) is 13.2. The van der Waals surface area contributed by atoms with Crippen molar-refractivity contribution in [3.05, 3.63) is 34.4 Å². The molecule has 7 heteroatoms. The SMILES string of the molecule is O=C(NC1CCC1)c1cn(CC(F)(F)F)c2cc(Br)ccc12. The van der Waals surface area contributed by atoms with Crippen LogP contribution in [-0.4, -0.2) is 22.7 Å². The van der Waals surface area contributed by atoms with E-state index in [9.17, 15) is 18.0 Å². The minimum atomic E-state index is -4.34. The zero-order valence-electron chi connectivity index (χ0n) is 11.6. The number of benzene rings is 1. The monoisotopic (exact) mass is 374 g/mol. The minimum absolute atomic E-state index is 0.143. The third-order valence-electron chi connectivity index (χ3n) is 3.88. The smallest absolute Gasteiger partial charge is 0.349 e. The predicted molar refractivity (Wildman–Crippen MR) is 80.8 cm³/mol. The van der Waals surface area contributed by atoms with Crippen molar-refractivity contribution in [3.8, 4) is 0 Å². The van der Waals surface area contributed by atoms with Crippen molar-refractivity contribution >= 4 is 32.7 Å². The molecular weight excluding hydrogens is 361 g/mol. The molecule has 1 aliphatic rings. The quantitative estimate of drug-likeness (QED) is 0.855. The Labute approximate surface area is 133 Å². The molecule has 1 aromatic carbocycles. The van der Waals surface area contributed by atoms with Crippen LogP contribution >= 0.6 is 15.9 Å². The first-order valence-electron chi connectivity index (χ1n) is 6.99. The van der Waals surface area contributed by atoms with Gasteiger partial charge in [0.25, 0.3) is 5.91 Å². The number of alkyl halides is 3. The molecule has 2 aromatic rings. The van der Waals surface area contributed by atoms with Gasteiger partial charge in [0.05, 0.1) is 11.1 Å². The second kappa shape index (κ2) is 5.61. The van der Waals surface area contributed by atoms with Crippen molar-refractivity contribution in [1.82, 2.24) is 9.88 Å². The number of hydrogen-bond acceptors (Lipinski definition) is 1. The van der Waals surface area contributed by atoms with Crippen molar-refractivity contribution in [2.45, 2.75) is 38.0 Å². The van der Waals surface area contributed by atoms with Crippen LogP contribution in [0.15, 0.2) is 28.9 Å². The van der Waals surface area contributed by atoms with Crippen LogP contribution in [0.2, 0.25) is 0 Å². The highest BCUT2D eigenvalue weighted by Crippen LogP contribution is 2.29. The molecule has 1 aromatic heterocycles. The lowest BCUT2D eigenvalue weighted by molar-refractivity contribution is -0.139. The van der Waals surface area contributed by atoms with Gasteiger partial charge in [-0.3, -0.25) is 4.79 Å². The average molecular weight is 375 g/mol. The van der Waals surface area contributed by atoms with Gasteiger partial charge in [-0.1, -0.05) is 22.0 Å². The van der Waals surface area contributed by atoms with E-state index in [1.165, 1.54) is 6.20 Å². The second-order valence-corrected chi connectivity index (χ2v) is 6.46. The second-order valence-electron chi connectivity index (χ2n) is 5.55. The van der Waals surface area contributed by atoms with E-state index in [1.807, 2.05) is 0 Å². The molecule has 0 radical (unpaired) electrons. The van der Waals surface area contributed by atoms with E-state index >= 15 is 0 Å². The van der Waals surface area contributed by atoms with Crippen LogP contribution in [0, 0.1) is 0 Å². The Morgan fingerprint density at radius 1 is 1.36 bits per heavy atom. The van der Waals surface area contributed by atoms with Crippen LogP contribution in [0.4, 0.5) is 13.2 Å². The van der Waals surface area contributed by atoms with E-state index in [-0.39, 0.29) is 11.9 Å². The van der Waals surface area contributed by atoms with Gasteiger partial charge in [0, 0.05) is 22.1 Å². The maximum Gasteiger partial charge on any atom is 0.406 e. The highest BCUT2D eigenvalue weighted by molar-refractivity contribution is 9.10. The van der Waals surface area contributed by atoms with Crippen molar-refractivity contribution in [1.29, 1.82) is 0 Å². The maximum atomic E-state index is 12.7. The Hall–Kier alpha value is -1.50. The number of nitrogens with one attached hydrogen (secondary N) is 1. The maximum absolute atomic E-state index is 12.7. The molecule has 0 spiro atoms. The standard InChI is InChI=1S/C15H14BrF3N2O/c16-9-4-5-11-12(14(22)20-10-2-1-3-10)7-21(13(11)6-9)8-15(17,18)19/h4-7,10H,1-3,8H2,(H,20,22). The molecule has 0 saturated heterocycles. The third kappa shape index (κ3) is 3.14. The minimum Gasteiger partial charge on any atom is -0.349 e. The number of amides is 1. The third-order valence-corrected chi connectivity index (χ3v) is 4.37. The fourth-order valence-corrected chi connectivity index (χ4v) is 2.93. The molecule has 118 valence electrons. The average Bonchev–Trinajstić information content (AvgIpc) is 2.70. The van der Waals surface area contributed by atoms with E-state index in [4.69, 9.17) is 0 Å². The number of halogens is 4. The normalized spacial score (nSPS) is 15.8. The van der Waals surface area contributed by atoms with Crippen molar-refractivity contribution < 1.29 is 18.0 Å². The molecule has 1 saturated carbocycles. The summed E-state index contributed by atoms with van der Waals surface area (Å²) in [7, 11) is 0. The van der Waals surface area contributed by atoms with E-state index in [0.717, 1.165) is 23.8 Å². The van der Waals surface area contributed by atoms with Gasteiger partial charge < -0.3 is 9.88 Å². The van der Waals surface area contributed by atoms with Gasteiger partial charge in [0.2, 0.25) is 0 Å². The summed E-state index contributed by atoms with van der Waals surface area (Å²) in [5, 5.41) is 3.40. The lowest BCUT2D eigenvalue weighted by atomic mass is 9.93. The van der Waals surface area contributed by atoms with Gasteiger partial charge in [0.15, 0.2) is 0 Å². The summed E-state index contributed by atoms with van der Waals surface area (Å²) in [5.41, 5.74) is 0.684. The number of rotatable bonds is 3. The fraction of sp³-hybridized carbons (Fsp3) is 0.400. The fourth-order valence-electron chi connectivity index (χ4n) is 2.59. The van der Waals surface area contributed by atoms with Gasteiger partial charge >= 0.3 is 6.18 Å². The number of aromatic nitrogens is 1. The summed E-state index contributed by atoms with van der Waals surface area (Å²) in [6, 6.07) is 5.13. The molecule has 3 rings (SSSR count). The van der Waals surface area contributed by atoms with Gasteiger partial charge in [-0.25, -0.2) is 0 Å². The van der Waals surface area contributed by atoms with Crippen molar-refractivity contribution in [2.24, 2.45) is 0 Å². The number of carbonyl (C=O) groups is 1. The van der Waals surface area contributed by atoms with Gasteiger partial charge in [-0.05, 0) is 31.4 Å². The number of fused-ring (bicyclic) bond motifs is 1. The molecule has 0 bridgehead atoms. The summed E-state index contributed by atoms with van der Waals surface area (Å²) >= 11 is 3.26. The Bertz CT molecular complexity index is 719. The molecule has 22 heavy (non-hydrogen) atoms. The molecule has 3 nitrogen and oxygen atoms in total. The van der Waals surface area contributed by atoms with Crippen LogP contribution in [0.1, 0.15) is 29.6 Å².